The Bertz CT molecular complexity index is 385. The highest BCUT2D eigenvalue weighted by molar-refractivity contribution is 5.80. The normalized spacial score (nSPS) is 29.9. The molecule has 6 heteroatoms. The summed E-state index contributed by atoms with van der Waals surface area (Å²) in [6, 6.07) is 0. The minimum absolute atomic E-state index is 0.317. The predicted molar refractivity (Wildman–Crippen MR) is 94.5 cm³/mol. The Kier molecular flexibility index (Phi) is 7.17. The third-order valence-corrected chi connectivity index (χ3v) is 5.26. The van der Waals surface area contributed by atoms with Crippen LogP contribution in [0.1, 0.15) is 44.9 Å². The molecule has 2 unspecified atom stereocenters. The van der Waals surface area contributed by atoms with Gasteiger partial charge in [-0.15, -0.1) is 0 Å². The fourth-order valence-corrected chi connectivity index (χ4v) is 3.76. The van der Waals surface area contributed by atoms with Gasteiger partial charge in [0, 0.05) is 39.9 Å². The predicted octanol–water partition coefficient (Wildman–Crippen LogP) is 1.79. The Hall–Kier alpha value is -0.850. The van der Waals surface area contributed by atoms with Gasteiger partial charge in [-0.05, 0) is 44.9 Å². The van der Waals surface area contributed by atoms with Crippen molar-refractivity contribution in [3.63, 3.8) is 0 Å². The Morgan fingerprint density at radius 2 is 1.79 bits per heavy atom. The topological polar surface area (TPSA) is 55.3 Å². The molecule has 3 saturated heterocycles. The molecule has 0 saturated carbocycles. The number of piperidine rings is 1. The summed E-state index contributed by atoms with van der Waals surface area (Å²) in [4.78, 5) is 6.77. The Balaban J connectivity index is 1.33. The molecule has 0 aromatic carbocycles. The van der Waals surface area contributed by atoms with E-state index in [0.29, 0.717) is 18.3 Å². The molecule has 0 bridgehead atoms. The summed E-state index contributed by atoms with van der Waals surface area (Å²) >= 11 is 0. The van der Waals surface area contributed by atoms with Crippen molar-refractivity contribution in [3.8, 4) is 0 Å². The standard InChI is InChI=1S/C18H33N3O3/c1-19-18(20-13-16-6-4-12-22-16)21-9-7-15(8-10-21)24-14-17-5-2-3-11-23-17/h15-17H,2-14H2,1H3,(H,19,20). The van der Waals surface area contributed by atoms with Gasteiger partial charge >= 0.3 is 0 Å². The Labute approximate surface area is 145 Å². The third-order valence-electron chi connectivity index (χ3n) is 5.26. The van der Waals surface area contributed by atoms with Gasteiger partial charge in [0.15, 0.2) is 5.96 Å². The van der Waals surface area contributed by atoms with Crippen LogP contribution in [0.15, 0.2) is 4.99 Å². The van der Waals surface area contributed by atoms with E-state index in [1.54, 1.807) is 0 Å². The van der Waals surface area contributed by atoms with Crippen molar-refractivity contribution in [2.75, 3.05) is 46.5 Å². The van der Waals surface area contributed by atoms with E-state index in [2.05, 4.69) is 15.2 Å². The first kappa shape index (κ1) is 18.0. The highest BCUT2D eigenvalue weighted by atomic mass is 16.5. The minimum atomic E-state index is 0.317. The second-order valence-corrected chi connectivity index (χ2v) is 7.07. The van der Waals surface area contributed by atoms with Gasteiger partial charge in [-0.3, -0.25) is 4.99 Å². The van der Waals surface area contributed by atoms with Crippen molar-refractivity contribution in [2.24, 2.45) is 4.99 Å². The van der Waals surface area contributed by atoms with Crippen LogP contribution in [0, 0.1) is 0 Å². The summed E-state index contributed by atoms with van der Waals surface area (Å²) in [6.07, 6.45) is 9.12. The van der Waals surface area contributed by atoms with Crippen molar-refractivity contribution >= 4 is 5.96 Å². The van der Waals surface area contributed by atoms with Gasteiger partial charge in [0.25, 0.3) is 0 Å². The molecule has 1 N–H and O–H groups in total. The fraction of sp³-hybridized carbons (Fsp3) is 0.944. The number of ether oxygens (including phenoxy) is 3. The lowest BCUT2D eigenvalue weighted by molar-refractivity contribution is -0.0721. The second-order valence-electron chi connectivity index (χ2n) is 7.07. The zero-order valence-electron chi connectivity index (χ0n) is 15.0. The first-order valence-electron chi connectivity index (χ1n) is 9.65. The number of guanidine groups is 1. The van der Waals surface area contributed by atoms with E-state index in [4.69, 9.17) is 14.2 Å². The molecule has 3 heterocycles. The maximum absolute atomic E-state index is 6.09. The highest BCUT2D eigenvalue weighted by Crippen LogP contribution is 2.18. The fourth-order valence-electron chi connectivity index (χ4n) is 3.76. The quantitative estimate of drug-likeness (QED) is 0.611. The molecule has 0 aromatic rings. The van der Waals surface area contributed by atoms with Crippen LogP contribution in [0.25, 0.3) is 0 Å². The lowest BCUT2D eigenvalue weighted by Gasteiger charge is -2.35. The van der Waals surface area contributed by atoms with Gasteiger partial charge < -0.3 is 24.4 Å². The highest BCUT2D eigenvalue weighted by Gasteiger charge is 2.24. The largest absolute Gasteiger partial charge is 0.376 e. The summed E-state index contributed by atoms with van der Waals surface area (Å²) < 4.78 is 17.5. The molecule has 6 nitrogen and oxygen atoms in total. The number of nitrogens with one attached hydrogen (secondary N) is 1. The van der Waals surface area contributed by atoms with Crippen LogP contribution in [-0.4, -0.2) is 75.7 Å². The summed E-state index contributed by atoms with van der Waals surface area (Å²) in [5.74, 6) is 1.000. The molecule has 0 aliphatic carbocycles. The molecule has 3 aliphatic rings. The second kappa shape index (κ2) is 9.59. The van der Waals surface area contributed by atoms with E-state index in [9.17, 15) is 0 Å². The summed E-state index contributed by atoms with van der Waals surface area (Å²) in [7, 11) is 1.86. The van der Waals surface area contributed by atoms with Crippen LogP contribution in [0.5, 0.6) is 0 Å². The van der Waals surface area contributed by atoms with Crippen molar-refractivity contribution in [3.05, 3.63) is 0 Å². The van der Waals surface area contributed by atoms with Gasteiger partial charge in [0.05, 0.1) is 24.9 Å². The Morgan fingerprint density at radius 3 is 2.46 bits per heavy atom. The lowest BCUT2D eigenvalue weighted by Crippen LogP contribution is -2.48. The molecule has 0 spiro atoms. The van der Waals surface area contributed by atoms with Crippen molar-refractivity contribution in [1.29, 1.82) is 0 Å². The van der Waals surface area contributed by atoms with E-state index in [1.165, 1.54) is 19.3 Å². The SMILES string of the molecule is CN=C(NCC1CCCO1)N1CCC(OCC2CCCCO2)CC1. The molecule has 3 rings (SSSR count). The average molecular weight is 339 g/mol. The van der Waals surface area contributed by atoms with Gasteiger partial charge in [-0.1, -0.05) is 0 Å². The summed E-state index contributed by atoms with van der Waals surface area (Å²) in [6.45, 7) is 5.43. The number of hydrogen-bond acceptors (Lipinski definition) is 4. The maximum atomic E-state index is 6.09. The van der Waals surface area contributed by atoms with E-state index in [-0.39, 0.29) is 0 Å². The number of likely N-dealkylation sites (tertiary alicyclic amines) is 1. The number of hydrogen-bond donors (Lipinski definition) is 1. The monoisotopic (exact) mass is 339 g/mol. The van der Waals surface area contributed by atoms with Crippen LogP contribution in [0.4, 0.5) is 0 Å². The van der Waals surface area contributed by atoms with Gasteiger partial charge in [0.2, 0.25) is 0 Å². The van der Waals surface area contributed by atoms with E-state index in [1.807, 2.05) is 7.05 Å². The first-order valence-corrected chi connectivity index (χ1v) is 9.65. The molecule has 3 fully saturated rings. The molecule has 3 aliphatic heterocycles. The molecule has 0 aromatic heterocycles. The zero-order chi connectivity index (χ0) is 16.6. The molecule has 24 heavy (non-hydrogen) atoms. The van der Waals surface area contributed by atoms with Gasteiger partial charge in [-0.2, -0.15) is 0 Å². The van der Waals surface area contributed by atoms with E-state index >= 15 is 0 Å². The third kappa shape index (κ3) is 5.33. The number of aliphatic imine (C=N–C) groups is 1. The average Bonchev–Trinajstić information content (AvgIpc) is 3.16. The molecule has 138 valence electrons. The van der Waals surface area contributed by atoms with E-state index < -0.39 is 0 Å². The molecule has 2 atom stereocenters. The van der Waals surface area contributed by atoms with Crippen LogP contribution in [-0.2, 0) is 14.2 Å². The first-order chi connectivity index (χ1) is 11.8. The maximum Gasteiger partial charge on any atom is 0.193 e. The number of nitrogens with zero attached hydrogens (tertiary/aromatic N) is 2. The molecule has 0 amide bonds. The number of rotatable bonds is 5. The van der Waals surface area contributed by atoms with Gasteiger partial charge in [0.1, 0.15) is 0 Å². The summed E-state index contributed by atoms with van der Waals surface area (Å²) in [5, 5.41) is 3.47. The van der Waals surface area contributed by atoms with Crippen LogP contribution in [0.3, 0.4) is 0 Å². The smallest absolute Gasteiger partial charge is 0.193 e. The van der Waals surface area contributed by atoms with Crippen molar-refractivity contribution < 1.29 is 14.2 Å². The zero-order valence-corrected chi connectivity index (χ0v) is 15.0. The van der Waals surface area contributed by atoms with Gasteiger partial charge in [-0.25, -0.2) is 0 Å². The van der Waals surface area contributed by atoms with Crippen molar-refractivity contribution in [2.45, 2.75) is 63.3 Å². The van der Waals surface area contributed by atoms with Crippen LogP contribution < -0.4 is 5.32 Å². The van der Waals surface area contributed by atoms with E-state index in [0.717, 1.165) is 71.1 Å². The molecular weight excluding hydrogens is 306 g/mol. The van der Waals surface area contributed by atoms with Crippen LogP contribution >= 0.6 is 0 Å². The lowest BCUT2D eigenvalue weighted by atomic mass is 10.1. The van der Waals surface area contributed by atoms with Crippen molar-refractivity contribution in [1.82, 2.24) is 10.2 Å². The summed E-state index contributed by atoms with van der Waals surface area (Å²) in [5.41, 5.74) is 0. The molecule has 0 radical (unpaired) electrons. The molecular formula is C18H33N3O3. The van der Waals surface area contributed by atoms with Crippen LogP contribution in [0.2, 0.25) is 0 Å². The minimum Gasteiger partial charge on any atom is -0.376 e. The Morgan fingerprint density at radius 1 is 1.04 bits per heavy atom.